The van der Waals surface area contributed by atoms with Crippen LogP contribution in [0.15, 0.2) is 6.33 Å². The Balaban J connectivity index is 1.92. The van der Waals surface area contributed by atoms with Crippen LogP contribution in [0.5, 0.6) is 0 Å². The van der Waals surface area contributed by atoms with Gasteiger partial charge in [0.1, 0.15) is 6.33 Å². The minimum absolute atomic E-state index is 0.0643. The zero-order chi connectivity index (χ0) is 15.4. The summed E-state index contributed by atoms with van der Waals surface area (Å²) in [5.41, 5.74) is 0. The summed E-state index contributed by atoms with van der Waals surface area (Å²) < 4.78 is 1.93. The molecule has 1 atom stereocenters. The third kappa shape index (κ3) is 3.80. The van der Waals surface area contributed by atoms with E-state index in [0.29, 0.717) is 13.0 Å². The maximum absolute atomic E-state index is 12.1. The molecule has 0 aliphatic carbocycles. The highest BCUT2D eigenvalue weighted by molar-refractivity contribution is 5.85. The third-order valence-corrected chi connectivity index (χ3v) is 3.68. The Morgan fingerprint density at radius 1 is 1.38 bits per heavy atom. The van der Waals surface area contributed by atoms with Crippen LogP contribution in [-0.2, 0) is 9.59 Å². The van der Waals surface area contributed by atoms with E-state index in [-0.39, 0.29) is 30.4 Å². The fourth-order valence-corrected chi connectivity index (χ4v) is 2.51. The summed E-state index contributed by atoms with van der Waals surface area (Å²) in [6.07, 6.45) is 4.10. The second kappa shape index (κ2) is 6.69. The molecular weight excluding hydrogens is 270 g/mol. The summed E-state index contributed by atoms with van der Waals surface area (Å²) in [6, 6.07) is 0.000293. The van der Waals surface area contributed by atoms with Crippen molar-refractivity contribution in [1.29, 1.82) is 0 Å². The van der Waals surface area contributed by atoms with E-state index in [1.807, 2.05) is 25.3 Å². The van der Waals surface area contributed by atoms with E-state index in [0.717, 1.165) is 18.7 Å². The van der Waals surface area contributed by atoms with Gasteiger partial charge in [0.2, 0.25) is 11.8 Å². The molecular formula is C14H23N5O2. The SMILES string of the molecule is CC(NC(=O)CN1CCCCC1=O)c1nncn1C(C)C. The van der Waals surface area contributed by atoms with Gasteiger partial charge in [-0.1, -0.05) is 0 Å². The zero-order valence-corrected chi connectivity index (χ0v) is 12.9. The van der Waals surface area contributed by atoms with Gasteiger partial charge in [0.25, 0.3) is 0 Å². The number of piperidine rings is 1. The van der Waals surface area contributed by atoms with Crippen LogP contribution in [0.2, 0.25) is 0 Å². The molecule has 1 unspecified atom stereocenters. The molecule has 0 spiro atoms. The van der Waals surface area contributed by atoms with Gasteiger partial charge in [0, 0.05) is 19.0 Å². The fourth-order valence-electron chi connectivity index (χ4n) is 2.51. The van der Waals surface area contributed by atoms with Crippen LogP contribution in [0.1, 0.15) is 57.9 Å². The Bertz CT molecular complexity index is 511. The van der Waals surface area contributed by atoms with Crippen molar-refractivity contribution in [3.05, 3.63) is 12.2 Å². The number of likely N-dealkylation sites (tertiary alicyclic amines) is 1. The molecule has 1 aromatic rings. The summed E-state index contributed by atoms with van der Waals surface area (Å²) in [4.78, 5) is 25.4. The van der Waals surface area contributed by atoms with E-state index in [2.05, 4.69) is 15.5 Å². The van der Waals surface area contributed by atoms with Crippen LogP contribution in [0, 0.1) is 0 Å². The minimum atomic E-state index is -0.234. The molecule has 2 rings (SSSR count). The maximum atomic E-state index is 12.1. The molecule has 2 amide bonds. The van der Waals surface area contributed by atoms with E-state index < -0.39 is 0 Å². The van der Waals surface area contributed by atoms with Crippen LogP contribution in [-0.4, -0.2) is 44.6 Å². The second-order valence-electron chi connectivity index (χ2n) is 5.75. The Hall–Kier alpha value is -1.92. The molecule has 7 heteroatoms. The minimum Gasteiger partial charge on any atom is -0.345 e. The number of hydrogen-bond acceptors (Lipinski definition) is 4. The predicted molar refractivity (Wildman–Crippen MR) is 77.4 cm³/mol. The highest BCUT2D eigenvalue weighted by atomic mass is 16.2. The van der Waals surface area contributed by atoms with Crippen molar-refractivity contribution in [3.63, 3.8) is 0 Å². The Morgan fingerprint density at radius 2 is 2.14 bits per heavy atom. The van der Waals surface area contributed by atoms with Gasteiger partial charge in [0.15, 0.2) is 5.82 Å². The summed E-state index contributed by atoms with van der Waals surface area (Å²) >= 11 is 0. The molecule has 0 radical (unpaired) electrons. The molecule has 1 fully saturated rings. The van der Waals surface area contributed by atoms with E-state index in [9.17, 15) is 9.59 Å². The van der Waals surface area contributed by atoms with E-state index in [4.69, 9.17) is 0 Å². The van der Waals surface area contributed by atoms with Gasteiger partial charge in [-0.2, -0.15) is 0 Å². The number of aromatic nitrogens is 3. The van der Waals surface area contributed by atoms with Crippen molar-refractivity contribution >= 4 is 11.8 Å². The van der Waals surface area contributed by atoms with E-state index in [1.165, 1.54) is 0 Å². The topological polar surface area (TPSA) is 80.1 Å². The van der Waals surface area contributed by atoms with Crippen LogP contribution in [0.4, 0.5) is 0 Å². The van der Waals surface area contributed by atoms with Gasteiger partial charge in [-0.25, -0.2) is 0 Å². The lowest BCUT2D eigenvalue weighted by Crippen LogP contribution is -2.43. The predicted octanol–water partition coefficient (Wildman–Crippen LogP) is 1.05. The van der Waals surface area contributed by atoms with Crippen LogP contribution < -0.4 is 5.32 Å². The molecule has 1 N–H and O–H groups in total. The monoisotopic (exact) mass is 293 g/mol. The number of nitrogens with one attached hydrogen (secondary N) is 1. The van der Waals surface area contributed by atoms with Crippen molar-refractivity contribution < 1.29 is 9.59 Å². The Labute approximate surface area is 124 Å². The molecule has 21 heavy (non-hydrogen) atoms. The molecule has 1 aliphatic heterocycles. The van der Waals surface area contributed by atoms with E-state index >= 15 is 0 Å². The number of hydrogen-bond donors (Lipinski definition) is 1. The number of rotatable bonds is 5. The van der Waals surface area contributed by atoms with Gasteiger partial charge >= 0.3 is 0 Å². The molecule has 1 aliphatic rings. The van der Waals surface area contributed by atoms with E-state index in [1.54, 1.807) is 11.2 Å². The van der Waals surface area contributed by atoms with Crippen LogP contribution in [0.3, 0.4) is 0 Å². The van der Waals surface area contributed by atoms with Crippen molar-refractivity contribution in [3.8, 4) is 0 Å². The van der Waals surface area contributed by atoms with Crippen molar-refractivity contribution in [2.75, 3.05) is 13.1 Å². The quantitative estimate of drug-likeness (QED) is 0.880. The number of carbonyl (C=O) groups excluding carboxylic acids is 2. The van der Waals surface area contributed by atoms with Gasteiger partial charge in [0.05, 0.1) is 12.6 Å². The first-order chi connectivity index (χ1) is 9.99. The summed E-state index contributed by atoms with van der Waals surface area (Å²) in [5.74, 6) is 0.633. The van der Waals surface area contributed by atoms with Gasteiger partial charge in [-0.3, -0.25) is 9.59 Å². The fraction of sp³-hybridized carbons (Fsp3) is 0.714. The summed E-state index contributed by atoms with van der Waals surface area (Å²) in [6.45, 7) is 6.74. The molecule has 0 aromatic carbocycles. The molecule has 7 nitrogen and oxygen atoms in total. The van der Waals surface area contributed by atoms with Crippen molar-refractivity contribution in [2.45, 2.75) is 52.1 Å². The van der Waals surface area contributed by atoms with Gasteiger partial charge < -0.3 is 14.8 Å². The summed E-state index contributed by atoms with van der Waals surface area (Å²) in [5, 5.41) is 10.9. The van der Waals surface area contributed by atoms with Gasteiger partial charge in [-0.05, 0) is 33.6 Å². The second-order valence-corrected chi connectivity index (χ2v) is 5.75. The largest absolute Gasteiger partial charge is 0.345 e. The first-order valence-electron chi connectivity index (χ1n) is 7.45. The molecule has 0 bridgehead atoms. The Morgan fingerprint density at radius 3 is 2.81 bits per heavy atom. The summed E-state index contributed by atoms with van der Waals surface area (Å²) in [7, 11) is 0. The lowest BCUT2D eigenvalue weighted by Gasteiger charge is -2.26. The molecule has 1 saturated heterocycles. The third-order valence-electron chi connectivity index (χ3n) is 3.68. The van der Waals surface area contributed by atoms with Crippen molar-refractivity contribution in [2.24, 2.45) is 0 Å². The highest BCUT2D eigenvalue weighted by Crippen LogP contribution is 2.14. The van der Waals surface area contributed by atoms with Crippen molar-refractivity contribution in [1.82, 2.24) is 25.0 Å². The molecule has 2 heterocycles. The lowest BCUT2D eigenvalue weighted by atomic mass is 10.1. The lowest BCUT2D eigenvalue weighted by molar-refractivity contribution is -0.138. The standard InChI is InChI=1S/C14H23N5O2/c1-10(2)19-9-15-17-14(19)11(3)16-12(20)8-18-7-5-4-6-13(18)21/h9-11H,4-8H2,1-3H3,(H,16,20). The molecule has 1 aromatic heterocycles. The normalized spacial score (nSPS) is 17.1. The smallest absolute Gasteiger partial charge is 0.240 e. The molecule has 116 valence electrons. The number of nitrogens with zero attached hydrogens (tertiary/aromatic N) is 4. The highest BCUT2D eigenvalue weighted by Gasteiger charge is 2.22. The number of carbonyl (C=O) groups is 2. The van der Waals surface area contributed by atoms with Crippen LogP contribution in [0.25, 0.3) is 0 Å². The van der Waals surface area contributed by atoms with Gasteiger partial charge in [-0.15, -0.1) is 10.2 Å². The average Bonchev–Trinajstić information content (AvgIpc) is 2.91. The molecule has 0 saturated carbocycles. The Kier molecular flexibility index (Phi) is 4.93. The first-order valence-corrected chi connectivity index (χ1v) is 7.45. The first kappa shape index (κ1) is 15.5. The number of amides is 2. The zero-order valence-electron chi connectivity index (χ0n) is 12.9. The maximum Gasteiger partial charge on any atom is 0.240 e. The average molecular weight is 293 g/mol. The van der Waals surface area contributed by atoms with Crippen LogP contribution >= 0.6 is 0 Å².